The lowest BCUT2D eigenvalue weighted by Gasteiger charge is -2.31. The highest BCUT2D eigenvalue weighted by Gasteiger charge is 2.66. The van der Waals surface area contributed by atoms with Crippen LogP contribution in [0.5, 0.6) is 0 Å². The van der Waals surface area contributed by atoms with Crippen molar-refractivity contribution in [1.29, 1.82) is 0 Å². The number of aliphatic hydroxyl groups excluding tert-OH is 1. The van der Waals surface area contributed by atoms with Crippen LogP contribution in [0.25, 0.3) is 0 Å². The quantitative estimate of drug-likeness (QED) is 0.590. The van der Waals surface area contributed by atoms with Gasteiger partial charge in [0, 0.05) is 4.83 Å². The zero-order chi connectivity index (χ0) is 6.88. The fourth-order valence-corrected chi connectivity index (χ4v) is 4.14. The lowest BCUT2D eigenvalue weighted by Crippen LogP contribution is -2.33. The van der Waals surface area contributed by atoms with Gasteiger partial charge >= 0.3 is 0 Å². The van der Waals surface area contributed by atoms with Crippen molar-refractivity contribution in [2.24, 2.45) is 23.7 Å². The van der Waals surface area contributed by atoms with Crippen LogP contribution in [0, 0.1) is 23.7 Å². The molecule has 56 valence electrons. The molecule has 2 heteroatoms. The zero-order valence-corrected chi connectivity index (χ0v) is 7.29. The maximum Gasteiger partial charge on any atom is 0.0612 e. The molecule has 1 nitrogen and oxygen atoms in total. The number of halogens is 1. The van der Waals surface area contributed by atoms with Crippen molar-refractivity contribution in [2.75, 3.05) is 0 Å². The monoisotopic (exact) mass is 202 g/mol. The summed E-state index contributed by atoms with van der Waals surface area (Å²) in [4.78, 5) is 0.627. The van der Waals surface area contributed by atoms with Gasteiger partial charge in [0.1, 0.15) is 0 Å². The number of alkyl halides is 1. The number of aliphatic hydroxyl groups is 1. The van der Waals surface area contributed by atoms with Crippen LogP contribution in [-0.2, 0) is 0 Å². The largest absolute Gasteiger partial charge is 0.392 e. The van der Waals surface area contributed by atoms with E-state index in [0.717, 1.165) is 17.8 Å². The van der Waals surface area contributed by atoms with Crippen LogP contribution in [0.3, 0.4) is 0 Å². The van der Waals surface area contributed by atoms with E-state index in [1.165, 1.54) is 12.8 Å². The van der Waals surface area contributed by atoms with Gasteiger partial charge in [-0.3, -0.25) is 0 Å². The predicted molar refractivity (Wildman–Crippen MR) is 41.9 cm³/mol. The van der Waals surface area contributed by atoms with Crippen molar-refractivity contribution in [1.82, 2.24) is 0 Å². The number of hydrogen-bond acceptors (Lipinski definition) is 1. The average molecular weight is 203 g/mol. The summed E-state index contributed by atoms with van der Waals surface area (Å²) in [6.45, 7) is 0. The Morgan fingerprint density at radius 2 is 1.80 bits per heavy atom. The summed E-state index contributed by atoms with van der Waals surface area (Å²) >= 11 is 3.64. The molecule has 4 bridgehead atoms. The maximum absolute atomic E-state index is 9.67. The summed E-state index contributed by atoms with van der Waals surface area (Å²) in [5.74, 6) is 3.14. The third-order valence-corrected chi connectivity index (χ3v) is 4.79. The van der Waals surface area contributed by atoms with Crippen LogP contribution in [0.1, 0.15) is 12.8 Å². The second-order valence-corrected chi connectivity index (χ2v) is 5.22. The lowest BCUT2D eigenvalue weighted by atomic mass is 9.84. The molecule has 0 aromatic rings. The molecule has 0 aromatic heterocycles. The van der Waals surface area contributed by atoms with E-state index in [0.29, 0.717) is 10.7 Å². The van der Waals surface area contributed by atoms with E-state index in [-0.39, 0.29) is 6.10 Å². The Balaban J connectivity index is 1.95. The van der Waals surface area contributed by atoms with Crippen LogP contribution in [-0.4, -0.2) is 16.0 Å². The first-order valence-corrected chi connectivity index (χ1v) is 5.03. The number of rotatable bonds is 0. The van der Waals surface area contributed by atoms with Crippen molar-refractivity contribution in [3.05, 3.63) is 0 Å². The van der Waals surface area contributed by atoms with Crippen LogP contribution in [0.4, 0.5) is 0 Å². The minimum atomic E-state index is 0.0492. The Labute approximate surface area is 68.9 Å². The van der Waals surface area contributed by atoms with E-state index in [1.807, 2.05) is 0 Å². The van der Waals surface area contributed by atoms with Crippen molar-refractivity contribution in [3.8, 4) is 0 Å². The third-order valence-electron chi connectivity index (χ3n) is 3.74. The Bertz CT molecular complexity index is 182. The molecule has 0 unspecified atom stereocenters. The smallest absolute Gasteiger partial charge is 0.0612 e. The fourth-order valence-electron chi connectivity index (χ4n) is 3.18. The molecular weight excluding hydrogens is 192 g/mol. The van der Waals surface area contributed by atoms with Crippen molar-refractivity contribution in [3.63, 3.8) is 0 Å². The molecule has 0 aromatic carbocycles. The van der Waals surface area contributed by atoms with Gasteiger partial charge in [0.05, 0.1) is 6.10 Å². The molecule has 10 heavy (non-hydrogen) atoms. The van der Waals surface area contributed by atoms with Crippen LogP contribution in [0.2, 0.25) is 0 Å². The minimum Gasteiger partial charge on any atom is -0.392 e. The first-order chi connectivity index (χ1) is 4.79. The maximum atomic E-state index is 9.67. The second kappa shape index (κ2) is 1.61. The van der Waals surface area contributed by atoms with E-state index in [9.17, 15) is 5.11 Å². The second-order valence-electron chi connectivity index (χ2n) is 4.05. The molecule has 4 aliphatic carbocycles. The van der Waals surface area contributed by atoms with Crippen LogP contribution < -0.4 is 0 Å². The summed E-state index contributed by atoms with van der Waals surface area (Å²) in [5, 5.41) is 9.67. The normalized spacial score (nSPS) is 70.2. The zero-order valence-electron chi connectivity index (χ0n) is 5.70. The molecule has 4 aliphatic rings. The molecule has 0 radical (unpaired) electrons. The Morgan fingerprint density at radius 1 is 1.10 bits per heavy atom. The van der Waals surface area contributed by atoms with Gasteiger partial charge in [-0.05, 0) is 36.5 Å². The Kier molecular flexibility index (Phi) is 0.968. The molecular formula is C8H11BrO. The predicted octanol–water partition coefficient (Wildman–Crippen LogP) is 1.40. The molecule has 4 rings (SSSR count). The van der Waals surface area contributed by atoms with E-state index in [2.05, 4.69) is 15.9 Å². The highest BCUT2D eigenvalue weighted by Crippen LogP contribution is 2.67. The van der Waals surface area contributed by atoms with Gasteiger partial charge in [0.15, 0.2) is 0 Å². The molecule has 6 atom stereocenters. The highest BCUT2D eigenvalue weighted by atomic mass is 79.9. The molecule has 4 fully saturated rings. The topological polar surface area (TPSA) is 20.2 Å². The first kappa shape index (κ1) is 6.01. The van der Waals surface area contributed by atoms with E-state index >= 15 is 0 Å². The molecule has 4 saturated carbocycles. The molecule has 0 aliphatic heterocycles. The van der Waals surface area contributed by atoms with Crippen molar-refractivity contribution < 1.29 is 5.11 Å². The van der Waals surface area contributed by atoms with Gasteiger partial charge in [-0.1, -0.05) is 15.9 Å². The number of hydrogen-bond donors (Lipinski definition) is 1. The fraction of sp³-hybridized carbons (Fsp3) is 1.00. The van der Waals surface area contributed by atoms with E-state index in [4.69, 9.17) is 0 Å². The lowest BCUT2D eigenvalue weighted by molar-refractivity contribution is 0.0744. The minimum absolute atomic E-state index is 0.0492. The van der Waals surface area contributed by atoms with Crippen molar-refractivity contribution >= 4 is 15.9 Å². The van der Waals surface area contributed by atoms with Crippen LogP contribution in [0.15, 0.2) is 0 Å². The first-order valence-electron chi connectivity index (χ1n) is 4.11. The average Bonchev–Trinajstić information content (AvgIpc) is 2.47. The molecule has 0 amide bonds. The Morgan fingerprint density at radius 3 is 2.20 bits per heavy atom. The summed E-state index contributed by atoms with van der Waals surface area (Å²) < 4.78 is 0. The van der Waals surface area contributed by atoms with Gasteiger partial charge in [-0.2, -0.15) is 0 Å². The van der Waals surface area contributed by atoms with Gasteiger partial charge in [-0.15, -0.1) is 0 Å². The van der Waals surface area contributed by atoms with E-state index < -0.39 is 0 Å². The molecule has 0 spiro atoms. The van der Waals surface area contributed by atoms with E-state index in [1.54, 1.807) is 0 Å². The summed E-state index contributed by atoms with van der Waals surface area (Å²) in [5.41, 5.74) is 0. The SMILES string of the molecule is O[C@@H]1[C@@H]2C[C@H]3[C@@H](C[C@@H]2Br)[C@@H]13. The van der Waals surface area contributed by atoms with Gasteiger partial charge < -0.3 is 5.11 Å². The van der Waals surface area contributed by atoms with Crippen LogP contribution >= 0.6 is 15.9 Å². The molecule has 0 saturated heterocycles. The number of fused-ring (bicyclic) bond motifs is 1. The highest BCUT2D eigenvalue weighted by molar-refractivity contribution is 9.09. The summed E-state index contributed by atoms with van der Waals surface area (Å²) in [6, 6.07) is 0. The molecule has 1 N–H and O–H groups in total. The summed E-state index contributed by atoms with van der Waals surface area (Å²) in [6.07, 6.45) is 2.68. The molecule has 0 heterocycles. The van der Waals surface area contributed by atoms with Gasteiger partial charge in [0.25, 0.3) is 0 Å². The summed E-state index contributed by atoms with van der Waals surface area (Å²) in [7, 11) is 0. The van der Waals surface area contributed by atoms with Gasteiger partial charge in [0.2, 0.25) is 0 Å². The van der Waals surface area contributed by atoms with Crippen molar-refractivity contribution in [2.45, 2.75) is 23.8 Å². The standard InChI is InChI=1S/C8H11BrO/c9-6-2-4-3-1-5(6)8(10)7(3)4/h3-8,10H,1-2H2/t3-,4+,5+,6-,7-,8+/m0/s1. The van der Waals surface area contributed by atoms with Gasteiger partial charge in [-0.25, -0.2) is 0 Å². The Hall–Kier alpha value is 0.440. The third kappa shape index (κ3) is 0.504.